The fourth-order valence-corrected chi connectivity index (χ4v) is 13.0. The van der Waals surface area contributed by atoms with E-state index in [1.165, 1.54) is 38.9 Å². The maximum Gasteiger partial charge on any atom is 0.178 e. The zero-order valence-corrected chi connectivity index (χ0v) is 31.1. The summed E-state index contributed by atoms with van der Waals surface area (Å²) in [6.07, 6.45) is 8.43. The van der Waals surface area contributed by atoms with Gasteiger partial charge in [-0.3, -0.25) is 0 Å². The molecule has 1 spiro atoms. The van der Waals surface area contributed by atoms with Crippen molar-refractivity contribution in [2.75, 3.05) is 0 Å². The number of aromatic nitrogens is 1. The van der Waals surface area contributed by atoms with Crippen LogP contribution in [0.4, 0.5) is 0 Å². The van der Waals surface area contributed by atoms with Gasteiger partial charge in [0.25, 0.3) is 0 Å². The van der Waals surface area contributed by atoms with Crippen LogP contribution in [0.1, 0.15) is 117 Å². The number of allylic oxidation sites excluding steroid dienone is 1. The first-order valence-corrected chi connectivity index (χ1v) is 19.0. The van der Waals surface area contributed by atoms with E-state index >= 15 is 0 Å². The first kappa shape index (κ1) is 31.7. The lowest BCUT2D eigenvalue weighted by atomic mass is 9.40. The number of hydrogen-bond acceptors (Lipinski definition) is 6. The lowest BCUT2D eigenvalue weighted by Crippen LogP contribution is -2.77. The van der Waals surface area contributed by atoms with Gasteiger partial charge in [0.05, 0.1) is 22.9 Å². The van der Waals surface area contributed by atoms with Crippen LogP contribution in [0.2, 0.25) is 0 Å². The van der Waals surface area contributed by atoms with Crippen molar-refractivity contribution in [3.05, 3.63) is 52.2 Å². The molecule has 0 bridgehead atoms. The fraction of sp³-hybridized carbons (Fsp3) is 0.714. The Bertz CT molecular complexity index is 1880. The number of nitrogens with one attached hydrogen (secondary N) is 1. The van der Waals surface area contributed by atoms with Gasteiger partial charge in [-0.05, 0) is 146 Å². The van der Waals surface area contributed by atoms with Crippen molar-refractivity contribution in [3.63, 3.8) is 0 Å². The largest absolute Gasteiger partial charge is 0.386 e. The van der Waals surface area contributed by atoms with Crippen LogP contribution in [0.5, 0.6) is 0 Å². The van der Waals surface area contributed by atoms with Crippen molar-refractivity contribution in [2.24, 2.45) is 17.3 Å². The summed E-state index contributed by atoms with van der Waals surface area (Å²) in [5.74, 6) is 0.822. The van der Waals surface area contributed by atoms with E-state index in [-0.39, 0.29) is 41.0 Å². The van der Waals surface area contributed by atoms with E-state index in [9.17, 15) is 5.11 Å². The summed E-state index contributed by atoms with van der Waals surface area (Å²) >= 11 is 0. The Balaban J connectivity index is 1.05. The molecule has 11 atom stereocenters. The highest BCUT2D eigenvalue weighted by Gasteiger charge is 2.87. The molecule has 264 valence electrons. The molecule has 6 unspecified atom stereocenters. The summed E-state index contributed by atoms with van der Waals surface area (Å²) in [5.41, 5.74) is 5.88. The molecule has 5 heterocycles. The van der Waals surface area contributed by atoms with Gasteiger partial charge < -0.3 is 33.8 Å². The Morgan fingerprint density at radius 3 is 2.43 bits per heavy atom. The van der Waals surface area contributed by atoms with Gasteiger partial charge in [-0.15, -0.1) is 0 Å². The van der Waals surface area contributed by atoms with Crippen molar-refractivity contribution in [1.29, 1.82) is 0 Å². The summed E-state index contributed by atoms with van der Waals surface area (Å²) < 4.78 is 33.5. The predicted octanol–water partition coefficient (Wildman–Crippen LogP) is 7.46. The van der Waals surface area contributed by atoms with E-state index in [2.05, 4.69) is 92.4 Å². The quantitative estimate of drug-likeness (QED) is 0.242. The predicted molar refractivity (Wildman–Crippen MR) is 188 cm³/mol. The van der Waals surface area contributed by atoms with Crippen molar-refractivity contribution in [3.8, 4) is 0 Å². The molecule has 8 aliphatic rings. The summed E-state index contributed by atoms with van der Waals surface area (Å²) in [6, 6.07) is 4.93. The van der Waals surface area contributed by atoms with Crippen LogP contribution in [-0.4, -0.2) is 68.8 Å². The highest BCUT2D eigenvalue weighted by atomic mass is 16.8. The van der Waals surface area contributed by atoms with E-state index in [1.54, 1.807) is 0 Å². The number of ether oxygens (including phenoxy) is 5. The summed E-state index contributed by atoms with van der Waals surface area (Å²) in [7, 11) is 0. The third-order valence-corrected chi connectivity index (χ3v) is 15.3. The third kappa shape index (κ3) is 3.66. The normalized spacial score (nSPS) is 47.3. The second-order valence-electron chi connectivity index (χ2n) is 19.4. The Morgan fingerprint density at radius 2 is 1.67 bits per heavy atom. The Kier molecular flexibility index (Phi) is 5.91. The molecule has 0 radical (unpaired) electrons. The van der Waals surface area contributed by atoms with Gasteiger partial charge in [0.2, 0.25) is 0 Å². The summed E-state index contributed by atoms with van der Waals surface area (Å²) in [5, 5.41) is 14.8. The molecule has 5 fully saturated rings. The van der Waals surface area contributed by atoms with E-state index in [0.29, 0.717) is 18.3 Å². The van der Waals surface area contributed by atoms with Crippen molar-refractivity contribution in [2.45, 2.75) is 172 Å². The molecule has 1 aromatic heterocycles. The van der Waals surface area contributed by atoms with Crippen molar-refractivity contribution < 1.29 is 28.8 Å². The van der Waals surface area contributed by atoms with Crippen LogP contribution in [0.15, 0.2) is 29.9 Å². The number of epoxide rings is 1. The lowest BCUT2D eigenvalue weighted by Gasteiger charge is -2.66. The molecule has 2 aromatic rings. The standard InChI is InChI=1S/C42H55NO6/c1-21(2)15-31-46-32-34(38(7,8)47-31)45-30-12-13-39(9)40(10)23(11-14-41(39,44)42(30)35(32)48-42)18-26-25-16-22-17-28-27(20-36(3,4)49-37(28,5)6)24(22)19-29(25)43-33(26)40/h15-16,19-20,23,28,30-32,34-35,43-44H,11-14,17-18H2,1-10H3/t23?,28?,30?,31?,32-,34?,35+,39-,40-,41+,42?/m1/s1. The van der Waals surface area contributed by atoms with Crippen molar-refractivity contribution in [1.82, 2.24) is 4.98 Å². The van der Waals surface area contributed by atoms with Crippen LogP contribution >= 0.6 is 0 Å². The van der Waals surface area contributed by atoms with Crippen LogP contribution in [0.25, 0.3) is 16.5 Å². The van der Waals surface area contributed by atoms with E-state index in [1.807, 2.05) is 6.08 Å². The Labute approximate surface area is 291 Å². The van der Waals surface area contributed by atoms with Gasteiger partial charge in [0.1, 0.15) is 23.9 Å². The molecule has 4 aliphatic heterocycles. The first-order valence-electron chi connectivity index (χ1n) is 19.0. The number of aliphatic hydroxyl groups is 1. The monoisotopic (exact) mass is 669 g/mol. The van der Waals surface area contributed by atoms with Crippen LogP contribution < -0.4 is 0 Å². The minimum atomic E-state index is -1.06. The maximum atomic E-state index is 13.4. The molecule has 0 amide bonds. The van der Waals surface area contributed by atoms with Gasteiger partial charge in [0, 0.05) is 33.3 Å². The molecule has 7 nitrogen and oxygen atoms in total. The van der Waals surface area contributed by atoms with Crippen molar-refractivity contribution >= 4 is 16.5 Å². The van der Waals surface area contributed by atoms with Gasteiger partial charge in [-0.1, -0.05) is 19.4 Å². The highest BCUT2D eigenvalue weighted by molar-refractivity contribution is 5.92. The highest BCUT2D eigenvalue weighted by Crippen LogP contribution is 2.75. The van der Waals surface area contributed by atoms with E-state index in [4.69, 9.17) is 23.7 Å². The molecular formula is C42H55NO6. The molecule has 49 heavy (non-hydrogen) atoms. The Morgan fingerprint density at radius 1 is 0.898 bits per heavy atom. The number of hydrogen-bond donors (Lipinski definition) is 2. The Hall–Kier alpha value is -2.00. The average Bonchev–Trinajstić information content (AvgIpc) is 3.40. The average molecular weight is 670 g/mol. The van der Waals surface area contributed by atoms with Gasteiger partial charge in [0.15, 0.2) is 11.9 Å². The molecule has 2 N–H and O–H groups in total. The third-order valence-electron chi connectivity index (χ3n) is 15.3. The van der Waals surface area contributed by atoms with Crippen LogP contribution in [-0.2, 0) is 41.9 Å². The molecule has 4 aliphatic carbocycles. The zero-order valence-electron chi connectivity index (χ0n) is 31.1. The van der Waals surface area contributed by atoms with E-state index < -0.39 is 28.5 Å². The summed E-state index contributed by atoms with van der Waals surface area (Å²) in [6.45, 7) is 22.0. The SMILES string of the molecule is CC(C)=CC1O[C@@H]2C(OC3CC[C@]4(C)[C@@]5(C)c6[nH]c7cc8c(cc7c6CC5CC[C@@]4(O)C34O[C@@H]24)CC2C8=CC(C)(C)OC2(C)C)C(C)(C)O1. The number of rotatable bonds is 1. The van der Waals surface area contributed by atoms with Crippen LogP contribution in [0, 0.1) is 17.3 Å². The lowest BCUT2D eigenvalue weighted by molar-refractivity contribution is -0.343. The minimum Gasteiger partial charge on any atom is -0.386 e. The smallest absolute Gasteiger partial charge is 0.178 e. The van der Waals surface area contributed by atoms with Crippen LogP contribution in [0.3, 0.4) is 0 Å². The maximum absolute atomic E-state index is 13.4. The molecule has 2 saturated carbocycles. The number of benzene rings is 1. The van der Waals surface area contributed by atoms with Gasteiger partial charge >= 0.3 is 0 Å². The molecular weight excluding hydrogens is 614 g/mol. The topological polar surface area (TPSA) is 85.5 Å². The molecule has 3 saturated heterocycles. The second kappa shape index (κ2) is 9.13. The fourth-order valence-electron chi connectivity index (χ4n) is 13.0. The second-order valence-corrected chi connectivity index (χ2v) is 19.4. The number of fused-ring (bicyclic) bond motifs is 12. The van der Waals surface area contributed by atoms with E-state index in [0.717, 1.165) is 37.7 Å². The van der Waals surface area contributed by atoms with Gasteiger partial charge in [-0.25, -0.2) is 0 Å². The van der Waals surface area contributed by atoms with Gasteiger partial charge in [-0.2, -0.15) is 0 Å². The zero-order chi connectivity index (χ0) is 34.5. The first-order chi connectivity index (χ1) is 22.9. The minimum absolute atomic E-state index is 0.191. The summed E-state index contributed by atoms with van der Waals surface area (Å²) in [4.78, 5) is 4.05. The number of H-pyrrole nitrogens is 1. The molecule has 7 heteroatoms. The number of aromatic amines is 1. The molecule has 1 aromatic carbocycles. The molecule has 10 rings (SSSR count).